The van der Waals surface area contributed by atoms with Gasteiger partial charge in [0.15, 0.2) is 0 Å². The van der Waals surface area contributed by atoms with E-state index in [1.807, 2.05) is 11.0 Å². The first-order valence-electron chi connectivity index (χ1n) is 10.5. The lowest BCUT2D eigenvalue weighted by atomic mass is 10.0. The molecule has 1 aliphatic heterocycles. The topological polar surface area (TPSA) is 100 Å². The predicted molar refractivity (Wildman–Crippen MR) is 122 cm³/mol. The van der Waals surface area contributed by atoms with Gasteiger partial charge in [-0.05, 0) is 24.6 Å². The Morgan fingerprint density at radius 3 is 2.45 bits per heavy atom. The fourth-order valence-electron chi connectivity index (χ4n) is 4.26. The lowest BCUT2D eigenvalue weighted by molar-refractivity contribution is -0.384. The number of halogens is 1. The molecule has 170 valence electrons. The van der Waals surface area contributed by atoms with E-state index in [-0.39, 0.29) is 23.4 Å². The van der Waals surface area contributed by atoms with Gasteiger partial charge < -0.3 is 10.0 Å². The minimum atomic E-state index is -0.435. The van der Waals surface area contributed by atoms with E-state index in [1.54, 1.807) is 31.2 Å². The number of hydrogen-bond acceptors (Lipinski definition) is 8. The van der Waals surface area contributed by atoms with Crippen LogP contribution in [-0.4, -0.2) is 55.7 Å². The number of anilines is 1. The fraction of sp³-hybridized carbons (Fsp3) is 0.273. The summed E-state index contributed by atoms with van der Waals surface area (Å²) in [6.45, 7) is 4.19. The number of thiazole rings is 1. The number of fused-ring (bicyclic) bond motifs is 1. The molecule has 9 nitrogen and oxygen atoms in total. The van der Waals surface area contributed by atoms with Crippen molar-refractivity contribution in [3.8, 4) is 5.88 Å². The molecular weight excluding hydrogens is 447 g/mol. The van der Waals surface area contributed by atoms with Gasteiger partial charge in [0, 0.05) is 38.3 Å². The second-order valence-corrected chi connectivity index (χ2v) is 8.88. The summed E-state index contributed by atoms with van der Waals surface area (Å²) in [5.74, 6) is 0.320. The van der Waals surface area contributed by atoms with Gasteiger partial charge in [0.2, 0.25) is 10.8 Å². The molecule has 0 aliphatic carbocycles. The van der Waals surface area contributed by atoms with Crippen molar-refractivity contribution < 1.29 is 14.4 Å². The van der Waals surface area contributed by atoms with E-state index in [2.05, 4.69) is 15.0 Å². The number of nitro benzene ring substituents is 1. The van der Waals surface area contributed by atoms with Crippen molar-refractivity contribution >= 4 is 27.7 Å². The van der Waals surface area contributed by atoms with Crippen molar-refractivity contribution in [3.63, 3.8) is 0 Å². The van der Waals surface area contributed by atoms with Crippen LogP contribution in [0.4, 0.5) is 15.8 Å². The molecule has 0 saturated carbocycles. The van der Waals surface area contributed by atoms with Crippen LogP contribution in [0.25, 0.3) is 4.96 Å². The number of para-hydroxylation sites is 1. The van der Waals surface area contributed by atoms with Gasteiger partial charge in [0.25, 0.3) is 5.69 Å². The van der Waals surface area contributed by atoms with E-state index in [9.17, 15) is 19.6 Å². The summed E-state index contributed by atoms with van der Waals surface area (Å²) in [5, 5.41) is 26.3. The van der Waals surface area contributed by atoms with E-state index >= 15 is 0 Å². The van der Waals surface area contributed by atoms with Crippen molar-refractivity contribution in [3.05, 3.63) is 80.7 Å². The Balaban J connectivity index is 1.49. The molecular formula is C22H21FN6O3S. The Bertz CT molecular complexity index is 1310. The zero-order valence-electron chi connectivity index (χ0n) is 17.8. The van der Waals surface area contributed by atoms with Gasteiger partial charge >= 0.3 is 0 Å². The van der Waals surface area contributed by atoms with Crippen LogP contribution in [0.5, 0.6) is 5.88 Å². The van der Waals surface area contributed by atoms with Crippen LogP contribution in [0.1, 0.15) is 22.3 Å². The predicted octanol–water partition coefficient (Wildman–Crippen LogP) is 3.76. The first-order valence-corrected chi connectivity index (χ1v) is 11.3. The van der Waals surface area contributed by atoms with E-state index < -0.39 is 4.92 Å². The number of hydrogen-bond donors (Lipinski definition) is 1. The maximum Gasteiger partial charge on any atom is 0.269 e. The number of aryl methyl sites for hydroxylation is 1. The molecule has 1 N–H and O–H groups in total. The average molecular weight is 469 g/mol. The summed E-state index contributed by atoms with van der Waals surface area (Å²) in [5.41, 5.74) is 1.39. The van der Waals surface area contributed by atoms with Crippen LogP contribution in [0, 0.1) is 22.9 Å². The largest absolute Gasteiger partial charge is 0.492 e. The number of piperazine rings is 1. The molecule has 1 saturated heterocycles. The van der Waals surface area contributed by atoms with Gasteiger partial charge in [-0.3, -0.25) is 15.0 Å². The van der Waals surface area contributed by atoms with Crippen molar-refractivity contribution in [1.29, 1.82) is 0 Å². The van der Waals surface area contributed by atoms with Crippen molar-refractivity contribution in [1.82, 2.24) is 19.5 Å². The molecule has 11 heteroatoms. The molecule has 0 amide bonds. The van der Waals surface area contributed by atoms with Gasteiger partial charge in [-0.1, -0.05) is 35.6 Å². The second-order valence-electron chi connectivity index (χ2n) is 7.87. The summed E-state index contributed by atoms with van der Waals surface area (Å²) in [6.07, 6.45) is 0. The molecule has 1 atom stereocenters. The minimum absolute atomic E-state index is 0.00404. The van der Waals surface area contributed by atoms with Gasteiger partial charge in [-0.2, -0.15) is 4.52 Å². The molecule has 0 unspecified atom stereocenters. The highest BCUT2D eigenvalue weighted by Gasteiger charge is 2.32. The lowest BCUT2D eigenvalue weighted by Crippen LogP contribution is -2.48. The number of benzene rings is 2. The minimum Gasteiger partial charge on any atom is -0.492 e. The summed E-state index contributed by atoms with van der Waals surface area (Å²) in [4.78, 5) is 20.5. The van der Waals surface area contributed by atoms with Gasteiger partial charge in [0.1, 0.15) is 11.6 Å². The number of non-ortho nitro benzene ring substituents is 1. The molecule has 0 spiro atoms. The van der Waals surface area contributed by atoms with Crippen LogP contribution in [-0.2, 0) is 0 Å². The Kier molecular flexibility index (Phi) is 5.43. The Hall–Kier alpha value is -3.57. The van der Waals surface area contributed by atoms with Gasteiger partial charge in [-0.25, -0.2) is 9.37 Å². The molecule has 5 rings (SSSR count). The smallest absolute Gasteiger partial charge is 0.269 e. The Labute approximate surface area is 192 Å². The zero-order chi connectivity index (χ0) is 23.1. The number of nitro groups is 1. The van der Waals surface area contributed by atoms with E-state index in [4.69, 9.17) is 0 Å². The molecule has 1 fully saturated rings. The number of aromatic nitrogens is 3. The average Bonchev–Trinajstić information content (AvgIpc) is 3.32. The molecule has 33 heavy (non-hydrogen) atoms. The number of nitrogens with zero attached hydrogens (tertiary/aromatic N) is 6. The third-order valence-corrected chi connectivity index (χ3v) is 6.92. The monoisotopic (exact) mass is 468 g/mol. The van der Waals surface area contributed by atoms with E-state index in [0.29, 0.717) is 47.5 Å². The maximum absolute atomic E-state index is 14.3. The Morgan fingerprint density at radius 1 is 1.12 bits per heavy atom. The number of rotatable bonds is 5. The van der Waals surface area contributed by atoms with Crippen LogP contribution in [0.2, 0.25) is 0 Å². The molecule has 2 aromatic heterocycles. The summed E-state index contributed by atoms with van der Waals surface area (Å²) >= 11 is 1.34. The van der Waals surface area contributed by atoms with Crippen LogP contribution in [0.3, 0.4) is 0 Å². The van der Waals surface area contributed by atoms with Gasteiger partial charge in [-0.15, -0.1) is 5.10 Å². The van der Waals surface area contributed by atoms with Gasteiger partial charge in [0.05, 0.1) is 21.5 Å². The third kappa shape index (κ3) is 3.89. The zero-order valence-corrected chi connectivity index (χ0v) is 18.6. The Morgan fingerprint density at radius 2 is 1.82 bits per heavy atom. The first-order chi connectivity index (χ1) is 15.9. The van der Waals surface area contributed by atoms with Crippen LogP contribution in [0.15, 0.2) is 48.5 Å². The molecule has 0 radical (unpaired) electrons. The highest BCUT2D eigenvalue weighted by atomic mass is 32.1. The highest BCUT2D eigenvalue weighted by molar-refractivity contribution is 7.17. The summed E-state index contributed by atoms with van der Waals surface area (Å²) in [6, 6.07) is 12.7. The summed E-state index contributed by atoms with van der Waals surface area (Å²) in [7, 11) is 0. The summed E-state index contributed by atoms with van der Waals surface area (Å²) < 4.78 is 15.7. The molecule has 2 aromatic carbocycles. The van der Waals surface area contributed by atoms with Crippen molar-refractivity contribution in [2.75, 3.05) is 31.1 Å². The highest BCUT2D eigenvalue weighted by Crippen LogP contribution is 2.40. The van der Waals surface area contributed by atoms with Crippen molar-refractivity contribution in [2.24, 2.45) is 0 Å². The molecule has 1 aliphatic rings. The first kappa shape index (κ1) is 21.3. The number of aromatic hydroxyl groups is 1. The van der Waals surface area contributed by atoms with Crippen LogP contribution >= 0.6 is 11.3 Å². The quantitative estimate of drug-likeness (QED) is 0.352. The fourth-order valence-corrected chi connectivity index (χ4v) is 5.42. The van der Waals surface area contributed by atoms with Crippen LogP contribution < -0.4 is 4.90 Å². The van der Waals surface area contributed by atoms with E-state index in [0.717, 1.165) is 5.56 Å². The molecule has 0 bridgehead atoms. The molecule has 4 aromatic rings. The van der Waals surface area contributed by atoms with E-state index in [1.165, 1.54) is 34.1 Å². The second kappa shape index (κ2) is 8.41. The SMILES string of the molecule is Cc1nc2sc([C@H](c3ccc([N+](=O)[O-])cc3)N3CCN(c4ccccc4F)CC3)c(O)n2n1. The maximum atomic E-state index is 14.3. The molecule has 3 heterocycles. The standard InChI is InChI=1S/C22H21FN6O3S/c1-14-24-22-28(25-14)21(30)20(33-22)19(15-6-8-16(9-7-15)29(31)32)27-12-10-26(11-13-27)18-5-3-2-4-17(18)23/h2-9,19,30H,10-13H2,1H3/t19-/m0/s1. The normalized spacial score (nSPS) is 15.8. The third-order valence-electron chi connectivity index (χ3n) is 5.85. The lowest BCUT2D eigenvalue weighted by Gasteiger charge is -2.40. The van der Waals surface area contributed by atoms with Crippen molar-refractivity contribution in [2.45, 2.75) is 13.0 Å².